The number of hydrogen-bond acceptors (Lipinski definition) is 6. The molecular formula is C21H18N2O5S. The van der Waals surface area contributed by atoms with E-state index < -0.39 is 16.4 Å². The van der Waals surface area contributed by atoms with Crippen molar-refractivity contribution in [1.29, 1.82) is 0 Å². The van der Waals surface area contributed by atoms with E-state index in [2.05, 4.69) is 0 Å². The third-order valence-corrected chi connectivity index (χ3v) is 6.14. The van der Waals surface area contributed by atoms with Crippen LogP contribution in [0.4, 0.5) is 5.69 Å². The molecule has 2 aliphatic heterocycles. The van der Waals surface area contributed by atoms with Gasteiger partial charge in [0.2, 0.25) is 5.91 Å². The number of fused-ring (bicyclic) bond motifs is 1. The zero-order valence-electron chi connectivity index (χ0n) is 15.7. The van der Waals surface area contributed by atoms with Crippen molar-refractivity contribution in [3.8, 4) is 0 Å². The minimum atomic E-state index is -0.532. The number of thioether (sulfide) groups is 1. The first-order valence-electron chi connectivity index (χ1n) is 9.07. The first-order valence-corrected chi connectivity index (χ1v) is 9.89. The lowest BCUT2D eigenvalue weighted by Crippen LogP contribution is -2.58. The van der Waals surface area contributed by atoms with Gasteiger partial charge in [0.1, 0.15) is 12.3 Å². The Kier molecular flexibility index (Phi) is 4.87. The number of ether oxygens (including phenoxy) is 1. The Labute approximate surface area is 171 Å². The molecule has 1 amide bonds. The summed E-state index contributed by atoms with van der Waals surface area (Å²) in [6, 6.07) is 15.5. The van der Waals surface area contributed by atoms with Crippen LogP contribution in [0.2, 0.25) is 0 Å². The maximum absolute atomic E-state index is 12.9. The maximum Gasteiger partial charge on any atom is 0.356 e. The fraction of sp³-hybridized carbons (Fsp3) is 0.238. The first kappa shape index (κ1) is 19.2. The molecule has 4 rings (SSSR count). The second-order valence-corrected chi connectivity index (χ2v) is 8.43. The number of amides is 1. The Morgan fingerprint density at radius 1 is 1.17 bits per heavy atom. The minimum absolute atomic E-state index is 0.00297. The number of non-ortho nitro benzene ring substituents is 1. The fourth-order valence-electron chi connectivity index (χ4n) is 3.64. The number of carbonyl (C=O) groups excluding carboxylic acids is 2. The molecule has 2 heterocycles. The van der Waals surface area contributed by atoms with Crippen molar-refractivity contribution in [3.63, 3.8) is 0 Å². The maximum atomic E-state index is 12.9. The van der Waals surface area contributed by atoms with E-state index in [1.165, 1.54) is 28.8 Å². The summed E-state index contributed by atoms with van der Waals surface area (Å²) in [6.45, 7) is 2.07. The summed E-state index contributed by atoms with van der Waals surface area (Å²) < 4.78 is 5.48. The lowest BCUT2D eigenvalue weighted by molar-refractivity contribution is -0.384. The number of nitrogens with zero attached hydrogens (tertiary/aromatic N) is 2. The summed E-state index contributed by atoms with van der Waals surface area (Å²) >= 11 is 1.34. The van der Waals surface area contributed by atoms with Crippen LogP contribution < -0.4 is 0 Å². The molecule has 8 heteroatoms. The van der Waals surface area contributed by atoms with Gasteiger partial charge in [-0.2, -0.15) is 0 Å². The molecule has 0 N–H and O–H groups in total. The topological polar surface area (TPSA) is 89.8 Å². The molecule has 0 bridgehead atoms. The highest BCUT2D eigenvalue weighted by Gasteiger charge is 2.56. The molecule has 1 fully saturated rings. The second-order valence-electron chi connectivity index (χ2n) is 7.27. The number of β-lactam (4-membered cyclic amide) rings is 1. The largest absolute Gasteiger partial charge is 0.456 e. The number of benzene rings is 2. The van der Waals surface area contributed by atoms with Crippen LogP contribution >= 0.6 is 11.8 Å². The minimum Gasteiger partial charge on any atom is -0.456 e. The van der Waals surface area contributed by atoms with Gasteiger partial charge in [-0.05, 0) is 24.6 Å². The average molecular weight is 410 g/mol. The molecule has 0 spiro atoms. The number of nitro groups is 1. The highest BCUT2D eigenvalue weighted by molar-refractivity contribution is 8.03. The SMILES string of the molecule is CC12CC(=O)N1C(C(=O)OCc1ccccc1)=C(Sc1ccc([N+](=O)[O-])cc1)C2. The molecule has 1 atom stereocenters. The molecule has 2 aromatic carbocycles. The predicted molar refractivity (Wildman–Crippen MR) is 107 cm³/mol. The van der Waals surface area contributed by atoms with Crippen LogP contribution in [0, 0.1) is 10.1 Å². The molecule has 29 heavy (non-hydrogen) atoms. The van der Waals surface area contributed by atoms with Gasteiger partial charge in [0.25, 0.3) is 5.69 Å². The molecular weight excluding hydrogens is 392 g/mol. The van der Waals surface area contributed by atoms with Gasteiger partial charge in [0, 0.05) is 28.4 Å². The van der Waals surface area contributed by atoms with E-state index in [-0.39, 0.29) is 23.9 Å². The molecule has 148 valence electrons. The van der Waals surface area contributed by atoms with E-state index in [0.717, 1.165) is 15.4 Å². The summed E-state index contributed by atoms with van der Waals surface area (Å²) in [7, 11) is 0. The van der Waals surface area contributed by atoms with Crippen LogP contribution in [0.1, 0.15) is 25.3 Å². The third-order valence-electron chi connectivity index (χ3n) is 5.05. The zero-order chi connectivity index (χ0) is 20.6. The number of rotatable bonds is 6. The predicted octanol–water partition coefficient (Wildman–Crippen LogP) is 4.04. The van der Waals surface area contributed by atoms with E-state index >= 15 is 0 Å². The van der Waals surface area contributed by atoms with Gasteiger partial charge >= 0.3 is 5.97 Å². The van der Waals surface area contributed by atoms with Gasteiger partial charge in [-0.3, -0.25) is 19.8 Å². The molecule has 1 unspecified atom stereocenters. The molecule has 2 aliphatic rings. The van der Waals surface area contributed by atoms with Crippen LogP contribution in [-0.4, -0.2) is 27.2 Å². The van der Waals surface area contributed by atoms with Gasteiger partial charge in [-0.1, -0.05) is 42.1 Å². The molecule has 0 radical (unpaired) electrons. The monoisotopic (exact) mass is 410 g/mol. The van der Waals surface area contributed by atoms with Crippen molar-refractivity contribution in [2.75, 3.05) is 0 Å². The van der Waals surface area contributed by atoms with Crippen molar-refractivity contribution in [2.24, 2.45) is 0 Å². The standard InChI is InChI=1S/C21H18N2O5S/c1-21-11-17(29-16-9-7-15(8-10-16)23(26)27)19(22(21)18(24)12-21)20(25)28-13-14-5-3-2-4-6-14/h2-10H,11-13H2,1H3. The Hall–Kier alpha value is -3.13. The average Bonchev–Trinajstić information content (AvgIpc) is 2.93. The Balaban J connectivity index is 1.57. The van der Waals surface area contributed by atoms with E-state index in [9.17, 15) is 19.7 Å². The quantitative estimate of drug-likeness (QED) is 0.309. The fourth-order valence-corrected chi connectivity index (χ4v) is 4.85. The van der Waals surface area contributed by atoms with Crippen molar-refractivity contribution >= 4 is 29.3 Å². The molecule has 2 aromatic rings. The zero-order valence-corrected chi connectivity index (χ0v) is 16.5. The van der Waals surface area contributed by atoms with Gasteiger partial charge in [-0.25, -0.2) is 4.79 Å². The number of esters is 1. The van der Waals surface area contributed by atoms with Gasteiger partial charge in [0.15, 0.2) is 0 Å². The van der Waals surface area contributed by atoms with E-state index in [4.69, 9.17) is 4.74 Å². The van der Waals surface area contributed by atoms with Crippen LogP contribution in [-0.2, 0) is 20.9 Å². The van der Waals surface area contributed by atoms with Crippen molar-refractivity contribution in [1.82, 2.24) is 4.90 Å². The number of hydrogen-bond donors (Lipinski definition) is 0. The summed E-state index contributed by atoms with van der Waals surface area (Å²) in [5.74, 6) is -0.631. The summed E-state index contributed by atoms with van der Waals surface area (Å²) in [6.07, 6.45) is 0.933. The van der Waals surface area contributed by atoms with Crippen LogP contribution in [0.3, 0.4) is 0 Å². The summed E-state index contributed by atoms with van der Waals surface area (Å²) in [5, 5.41) is 10.8. The molecule has 0 aliphatic carbocycles. The van der Waals surface area contributed by atoms with Crippen molar-refractivity contribution in [3.05, 3.63) is 80.9 Å². The van der Waals surface area contributed by atoms with Crippen LogP contribution in [0.15, 0.2) is 70.1 Å². The van der Waals surface area contributed by atoms with Crippen molar-refractivity contribution < 1.29 is 19.2 Å². The van der Waals surface area contributed by atoms with Gasteiger partial charge in [-0.15, -0.1) is 0 Å². The lowest BCUT2D eigenvalue weighted by atomic mass is 9.86. The second kappa shape index (κ2) is 7.36. The molecule has 1 saturated heterocycles. The highest BCUT2D eigenvalue weighted by Crippen LogP contribution is 2.52. The Morgan fingerprint density at radius 2 is 1.86 bits per heavy atom. The smallest absolute Gasteiger partial charge is 0.356 e. The normalized spacial score (nSPS) is 20.3. The summed E-state index contributed by atoms with van der Waals surface area (Å²) in [4.78, 5) is 38.5. The first-order chi connectivity index (χ1) is 13.9. The number of carbonyl (C=O) groups is 2. The van der Waals surface area contributed by atoms with E-state index in [1.54, 1.807) is 12.1 Å². The number of nitro benzene ring substituents is 1. The van der Waals surface area contributed by atoms with E-state index in [0.29, 0.717) is 12.8 Å². The Morgan fingerprint density at radius 3 is 2.48 bits per heavy atom. The molecule has 7 nitrogen and oxygen atoms in total. The van der Waals surface area contributed by atoms with Gasteiger partial charge < -0.3 is 4.74 Å². The van der Waals surface area contributed by atoms with Crippen LogP contribution in [0.25, 0.3) is 0 Å². The van der Waals surface area contributed by atoms with E-state index in [1.807, 2.05) is 37.3 Å². The lowest BCUT2D eigenvalue weighted by Gasteiger charge is -2.45. The highest BCUT2D eigenvalue weighted by atomic mass is 32.2. The Bertz CT molecular complexity index is 1020. The molecule has 0 aromatic heterocycles. The van der Waals surface area contributed by atoms with Crippen molar-refractivity contribution in [2.45, 2.75) is 36.8 Å². The van der Waals surface area contributed by atoms with Gasteiger partial charge in [0.05, 0.1) is 16.9 Å². The molecule has 0 saturated carbocycles. The van der Waals surface area contributed by atoms with Crippen LogP contribution in [0.5, 0.6) is 0 Å². The third kappa shape index (κ3) is 3.63. The summed E-state index contributed by atoms with van der Waals surface area (Å²) in [5.41, 5.74) is 0.731.